The number of nitriles is 1. The summed E-state index contributed by atoms with van der Waals surface area (Å²) in [5.41, 5.74) is 2.15. The van der Waals surface area contributed by atoms with E-state index in [9.17, 15) is 14.4 Å². The van der Waals surface area contributed by atoms with Gasteiger partial charge in [-0.25, -0.2) is 4.39 Å². The lowest BCUT2D eigenvalue weighted by Gasteiger charge is -2.15. The zero-order valence-electron chi connectivity index (χ0n) is 19.3. The Morgan fingerprint density at radius 2 is 1.89 bits per heavy atom. The third-order valence-corrected chi connectivity index (χ3v) is 5.69. The summed E-state index contributed by atoms with van der Waals surface area (Å²) in [7, 11) is 1.59. The van der Waals surface area contributed by atoms with Gasteiger partial charge in [-0.3, -0.25) is 4.79 Å². The predicted molar refractivity (Wildman–Crippen MR) is 139 cm³/mol. The van der Waals surface area contributed by atoms with E-state index in [4.69, 9.17) is 14.2 Å². The number of methoxy groups -OCH3 is 1. The maximum atomic E-state index is 13.5. The van der Waals surface area contributed by atoms with Crippen LogP contribution in [0, 0.1) is 20.7 Å². The first-order valence-electron chi connectivity index (χ1n) is 10.8. The van der Waals surface area contributed by atoms with Crippen LogP contribution in [-0.2, 0) is 17.9 Å². The number of carbonyl (C=O) groups is 1. The Morgan fingerprint density at radius 1 is 1.11 bits per heavy atom. The van der Waals surface area contributed by atoms with Crippen LogP contribution in [-0.4, -0.2) is 19.6 Å². The second-order valence-electron chi connectivity index (χ2n) is 7.38. The average Bonchev–Trinajstić information content (AvgIpc) is 2.86. The lowest BCUT2D eigenvalue weighted by molar-refractivity contribution is -0.117. The number of hydrogen-bond donors (Lipinski definition) is 1. The molecule has 0 aromatic heterocycles. The monoisotopic (exact) mass is 586 g/mol. The molecule has 180 valence electrons. The summed E-state index contributed by atoms with van der Waals surface area (Å²) < 4.78 is 31.0. The molecule has 0 radical (unpaired) electrons. The van der Waals surface area contributed by atoms with E-state index in [1.54, 1.807) is 43.5 Å². The minimum Gasteiger partial charge on any atom is -0.497 e. The number of nitrogens with zero attached hydrogens (tertiary/aromatic N) is 1. The Hall–Kier alpha value is -3.58. The molecule has 0 spiro atoms. The SMILES string of the molecule is CCOc1cc(/C=C(/C#N)C(=O)NCc2ccc(OC)cc2)cc(I)c1OCc1cccc(F)c1. The Morgan fingerprint density at radius 3 is 2.54 bits per heavy atom. The normalized spacial score (nSPS) is 10.9. The lowest BCUT2D eigenvalue weighted by atomic mass is 10.1. The number of rotatable bonds is 10. The smallest absolute Gasteiger partial charge is 0.262 e. The van der Waals surface area contributed by atoms with Crippen molar-refractivity contribution in [3.8, 4) is 23.3 Å². The molecule has 0 aliphatic carbocycles. The molecule has 0 bridgehead atoms. The molecule has 35 heavy (non-hydrogen) atoms. The van der Waals surface area contributed by atoms with E-state index < -0.39 is 5.91 Å². The van der Waals surface area contributed by atoms with Gasteiger partial charge in [-0.05, 0) is 88.7 Å². The average molecular weight is 586 g/mol. The highest BCUT2D eigenvalue weighted by molar-refractivity contribution is 14.1. The summed E-state index contributed by atoms with van der Waals surface area (Å²) in [6.45, 7) is 2.68. The van der Waals surface area contributed by atoms with Crippen molar-refractivity contribution in [2.75, 3.05) is 13.7 Å². The standard InChI is InChI=1S/C27H24FIN2O4/c1-3-34-25-14-20(13-24(29)26(25)35-17-19-5-4-6-22(28)12-19)11-21(15-30)27(32)31-16-18-7-9-23(33-2)10-8-18/h4-14H,3,16-17H2,1-2H3,(H,31,32)/b21-11-. The van der Waals surface area contributed by atoms with Gasteiger partial charge in [0.1, 0.15) is 29.8 Å². The first kappa shape index (κ1) is 26.0. The Bertz CT molecular complexity index is 1250. The van der Waals surface area contributed by atoms with Crippen LogP contribution in [0.15, 0.2) is 66.2 Å². The Balaban J connectivity index is 1.76. The molecule has 8 heteroatoms. The van der Waals surface area contributed by atoms with Gasteiger partial charge in [0.05, 0.1) is 17.3 Å². The number of hydrogen-bond acceptors (Lipinski definition) is 5. The minimum atomic E-state index is -0.484. The van der Waals surface area contributed by atoms with Crippen molar-refractivity contribution >= 4 is 34.6 Å². The highest BCUT2D eigenvalue weighted by Gasteiger charge is 2.15. The molecule has 0 saturated carbocycles. The Kier molecular flexibility index (Phi) is 9.49. The third-order valence-electron chi connectivity index (χ3n) is 4.89. The fourth-order valence-corrected chi connectivity index (χ4v) is 3.97. The van der Waals surface area contributed by atoms with Gasteiger partial charge in [-0.15, -0.1) is 0 Å². The van der Waals surface area contributed by atoms with Crippen molar-refractivity contribution in [1.82, 2.24) is 5.32 Å². The molecule has 3 rings (SSSR count). The molecular weight excluding hydrogens is 562 g/mol. The van der Waals surface area contributed by atoms with Gasteiger partial charge >= 0.3 is 0 Å². The molecule has 3 aromatic carbocycles. The molecule has 1 amide bonds. The highest BCUT2D eigenvalue weighted by atomic mass is 127. The second-order valence-corrected chi connectivity index (χ2v) is 8.54. The van der Waals surface area contributed by atoms with Crippen LogP contribution >= 0.6 is 22.6 Å². The highest BCUT2D eigenvalue weighted by Crippen LogP contribution is 2.35. The number of halogens is 2. The lowest BCUT2D eigenvalue weighted by Crippen LogP contribution is -2.23. The largest absolute Gasteiger partial charge is 0.497 e. The van der Waals surface area contributed by atoms with Crippen molar-refractivity contribution < 1.29 is 23.4 Å². The van der Waals surface area contributed by atoms with Crippen LogP contribution in [0.5, 0.6) is 17.2 Å². The molecule has 1 N–H and O–H groups in total. The second kappa shape index (κ2) is 12.8. The van der Waals surface area contributed by atoms with Gasteiger partial charge < -0.3 is 19.5 Å². The van der Waals surface area contributed by atoms with Crippen LogP contribution in [0.4, 0.5) is 4.39 Å². The van der Waals surface area contributed by atoms with E-state index in [-0.39, 0.29) is 24.5 Å². The van der Waals surface area contributed by atoms with Crippen molar-refractivity contribution in [1.29, 1.82) is 5.26 Å². The van der Waals surface area contributed by atoms with Gasteiger partial charge in [0.25, 0.3) is 5.91 Å². The number of amides is 1. The first-order valence-corrected chi connectivity index (χ1v) is 11.9. The van der Waals surface area contributed by atoms with Gasteiger partial charge in [0.15, 0.2) is 11.5 Å². The van der Waals surface area contributed by atoms with Crippen molar-refractivity contribution in [2.24, 2.45) is 0 Å². The van der Waals surface area contributed by atoms with E-state index in [1.165, 1.54) is 18.2 Å². The van der Waals surface area contributed by atoms with E-state index in [0.29, 0.717) is 29.2 Å². The van der Waals surface area contributed by atoms with E-state index >= 15 is 0 Å². The maximum absolute atomic E-state index is 13.5. The number of ether oxygens (including phenoxy) is 3. The predicted octanol–water partition coefficient (Wildman–Crippen LogP) is 5.64. The van der Waals surface area contributed by atoms with Crippen LogP contribution in [0.1, 0.15) is 23.6 Å². The molecule has 6 nitrogen and oxygen atoms in total. The first-order chi connectivity index (χ1) is 16.9. The Labute approximate surface area is 217 Å². The molecule has 0 unspecified atom stereocenters. The molecule has 0 saturated heterocycles. The number of nitrogens with one attached hydrogen (secondary N) is 1. The molecule has 0 aliphatic heterocycles. The number of benzene rings is 3. The molecule has 3 aromatic rings. The summed E-state index contributed by atoms with van der Waals surface area (Å²) in [5.74, 6) is 0.887. The summed E-state index contributed by atoms with van der Waals surface area (Å²) in [4.78, 5) is 12.6. The number of carbonyl (C=O) groups excluding carboxylic acids is 1. The van der Waals surface area contributed by atoms with Crippen molar-refractivity contribution in [3.63, 3.8) is 0 Å². The summed E-state index contributed by atoms with van der Waals surface area (Å²) in [5, 5.41) is 12.3. The van der Waals surface area contributed by atoms with Crippen LogP contribution in [0.2, 0.25) is 0 Å². The summed E-state index contributed by atoms with van der Waals surface area (Å²) in [6, 6.07) is 18.9. The van der Waals surface area contributed by atoms with Gasteiger partial charge in [-0.2, -0.15) is 5.26 Å². The molecule has 0 aliphatic rings. The maximum Gasteiger partial charge on any atom is 0.262 e. The topological polar surface area (TPSA) is 80.6 Å². The zero-order chi connectivity index (χ0) is 25.2. The fraction of sp³-hybridized carbons (Fsp3) is 0.185. The third kappa shape index (κ3) is 7.45. The van der Waals surface area contributed by atoms with Crippen molar-refractivity contribution in [3.05, 3.63) is 92.3 Å². The van der Waals surface area contributed by atoms with E-state index in [2.05, 4.69) is 27.9 Å². The van der Waals surface area contributed by atoms with Crippen molar-refractivity contribution in [2.45, 2.75) is 20.1 Å². The van der Waals surface area contributed by atoms with Crippen LogP contribution in [0.25, 0.3) is 6.08 Å². The zero-order valence-corrected chi connectivity index (χ0v) is 21.5. The van der Waals surface area contributed by atoms with Gasteiger partial charge in [0.2, 0.25) is 0 Å². The molecule has 0 atom stereocenters. The summed E-state index contributed by atoms with van der Waals surface area (Å²) in [6.07, 6.45) is 1.50. The minimum absolute atomic E-state index is 0.0369. The van der Waals surface area contributed by atoms with Gasteiger partial charge in [0, 0.05) is 6.54 Å². The quantitative estimate of drug-likeness (QED) is 0.189. The van der Waals surface area contributed by atoms with Gasteiger partial charge in [-0.1, -0.05) is 24.3 Å². The van der Waals surface area contributed by atoms with E-state index in [0.717, 1.165) is 14.9 Å². The fourth-order valence-electron chi connectivity index (χ4n) is 3.19. The molecular formula is C27H24FIN2O4. The molecule has 0 fully saturated rings. The van der Waals surface area contributed by atoms with E-state index in [1.807, 2.05) is 25.1 Å². The molecule has 0 heterocycles. The van der Waals surface area contributed by atoms with Crippen LogP contribution < -0.4 is 19.5 Å². The summed E-state index contributed by atoms with van der Waals surface area (Å²) >= 11 is 2.10. The van der Waals surface area contributed by atoms with Crippen LogP contribution in [0.3, 0.4) is 0 Å².